The van der Waals surface area contributed by atoms with Crippen molar-refractivity contribution in [3.8, 4) is 0 Å². The van der Waals surface area contributed by atoms with Crippen molar-refractivity contribution in [3.63, 3.8) is 0 Å². The Kier molecular flexibility index (Phi) is 3.44. The van der Waals surface area contributed by atoms with Crippen LogP contribution in [0.1, 0.15) is 19.4 Å². The Hall–Kier alpha value is -1.39. The SMILES string of the molecule is CN(O)C(C)(C)/C(=N/O)c1ccccc1. The van der Waals surface area contributed by atoms with Crippen molar-refractivity contribution >= 4 is 5.71 Å². The van der Waals surface area contributed by atoms with E-state index in [1.807, 2.05) is 30.3 Å². The van der Waals surface area contributed by atoms with Gasteiger partial charge in [0.15, 0.2) is 0 Å². The van der Waals surface area contributed by atoms with Crippen LogP contribution in [-0.2, 0) is 0 Å². The molecule has 2 N–H and O–H groups in total. The second-order valence-electron chi connectivity index (χ2n) is 3.90. The van der Waals surface area contributed by atoms with Gasteiger partial charge in [0.1, 0.15) is 5.71 Å². The maximum Gasteiger partial charge on any atom is 0.109 e. The summed E-state index contributed by atoms with van der Waals surface area (Å²) in [4.78, 5) is 0. The maximum atomic E-state index is 9.48. The smallest absolute Gasteiger partial charge is 0.109 e. The molecule has 0 saturated heterocycles. The van der Waals surface area contributed by atoms with E-state index in [0.717, 1.165) is 10.6 Å². The van der Waals surface area contributed by atoms with Gasteiger partial charge in [-0.3, -0.25) is 0 Å². The number of benzene rings is 1. The Balaban J connectivity index is 3.12. The fraction of sp³-hybridized carbons (Fsp3) is 0.364. The average Bonchev–Trinajstić information content (AvgIpc) is 2.19. The lowest BCUT2D eigenvalue weighted by Crippen LogP contribution is -2.46. The lowest BCUT2D eigenvalue weighted by atomic mass is 9.92. The molecular formula is C11H16N2O2. The fourth-order valence-electron chi connectivity index (χ4n) is 1.28. The number of oxime groups is 1. The second-order valence-corrected chi connectivity index (χ2v) is 3.90. The third-order valence-corrected chi connectivity index (χ3v) is 2.54. The van der Waals surface area contributed by atoms with Gasteiger partial charge in [0.05, 0.1) is 5.54 Å². The van der Waals surface area contributed by atoms with Crippen LogP contribution in [0.4, 0.5) is 0 Å². The van der Waals surface area contributed by atoms with E-state index in [2.05, 4.69) is 5.16 Å². The van der Waals surface area contributed by atoms with Crippen LogP contribution in [0, 0.1) is 0 Å². The molecule has 1 aromatic carbocycles. The molecule has 0 heterocycles. The van der Waals surface area contributed by atoms with Gasteiger partial charge in [-0.1, -0.05) is 35.5 Å². The van der Waals surface area contributed by atoms with E-state index < -0.39 is 5.54 Å². The van der Waals surface area contributed by atoms with E-state index in [-0.39, 0.29) is 0 Å². The predicted molar refractivity (Wildman–Crippen MR) is 58.4 cm³/mol. The first-order valence-corrected chi connectivity index (χ1v) is 4.71. The van der Waals surface area contributed by atoms with Gasteiger partial charge in [0.2, 0.25) is 0 Å². The highest BCUT2D eigenvalue weighted by Crippen LogP contribution is 2.18. The molecule has 82 valence electrons. The lowest BCUT2D eigenvalue weighted by molar-refractivity contribution is -0.113. The molecule has 4 nitrogen and oxygen atoms in total. The Bertz CT molecular complexity index is 345. The highest BCUT2D eigenvalue weighted by molar-refractivity contribution is 6.06. The molecule has 1 rings (SSSR count). The number of nitrogens with zero attached hydrogens (tertiary/aromatic N) is 2. The topological polar surface area (TPSA) is 56.1 Å². The van der Waals surface area contributed by atoms with Crippen molar-refractivity contribution in [2.24, 2.45) is 5.16 Å². The van der Waals surface area contributed by atoms with Crippen LogP contribution in [0.5, 0.6) is 0 Å². The number of likely N-dealkylation sites (N-methyl/N-ethyl adjacent to an activating group) is 1. The average molecular weight is 208 g/mol. The summed E-state index contributed by atoms with van der Waals surface area (Å²) in [6, 6.07) is 9.26. The van der Waals surface area contributed by atoms with E-state index in [0.29, 0.717) is 5.71 Å². The first-order valence-electron chi connectivity index (χ1n) is 4.71. The van der Waals surface area contributed by atoms with E-state index in [1.54, 1.807) is 13.8 Å². The van der Waals surface area contributed by atoms with Crippen molar-refractivity contribution in [1.82, 2.24) is 5.06 Å². The minimum atomic E-state index is -0.740. The molecule has 0 aliphatic rings. The normalized spacial score (nSPS) is 13.3. The Labute approximate surface area is 89.4 Å². The quantitative estimate of drug-likeness (QED) is 0.453. The van der Waals surface area contributed by atoms with E-state index >= 15 is 0 Å². The van der Waals surface area contributed by atoms with Crippen LogP contribution < -0.4 is 0 Å². The molecule has 0 radical (unpaired) electrons. The summed E-state index contributed by atoms with van der Waals surface area (Å²) in [6.07, 6.45) is 0. The summed E-state index contributed by atoms with van der Waals surface area (Å²) in [5.41, 5.74) is 0.467. The number of hydrogen-bond acceptors (Lipinski definition) is 4. The largest absolute Gasteiger partial charge is 0.411 e. The first-order chi connectivity index (χ1) is 7.00. The van der Waals surface area contributed by atoms with Crippen molar-refractivity contribution < 1.29 is 10.4 Å². The van der Waals surface area contributed by atoms with Crippen LogP contribution in [0.2, 0.25) is 0 Å². The third kappa shape index (κ3) is 2.34. The maximum absolute atomic E-state index is 9.48. The molecule has 1 aromatic rings. The summed E-state index contributed by atoms with van der Waals surface area (Å²) in [6.45, 7) is 3.55. The molecule has 0 saturated carbocycles. The van der Waals surface area contributed by atoms with Gasteiger partial charge < -0.3 is 10.4 Å². The zero-order chi connectivity index (χ0) is 11.5. The minimum absolute atomic E-state index is 0.424. The standard InChI is InChI=1S/C11H16N2O2/c1-11(2,13(3)15)10(12-14)9-7-5-4-6-8-9/h4-8,14-15H,1-3H3/b12-10+. The molecular weight excluding hydrogens is 192 g/mol. The lowest BCUT2D eigenvalue weighted by Gasteiger charge is -2.31. The van der Waals surface area contributed by atoms with Crippen molar-refractivity contribution in [3.05, 3.63) is 35.9 Å². The molecule has 0 amide bonds. The van der Waals surface area contributed by atoms with Crippen molar-refractivity contribution in [2.45, 2.75) is 19.4 Å². The molecule has 0 unspecified atom stereocenters. The molecule has 0 aromatic heterocycles. The minimum Gasteiger partial charge on any atom is -0.411 e. The summed E-state index contributed by atoms with van der Waals surface area (Å²) in [7, 11) is 1.52. The van der Waals surface area contributed by atoms with E-state index in [9.17, 15) is 5.21 Å². The van der Waals surface area contributed by atoms with E-state index in [4.69, 9.17) is 5.21 Å². The molecule has 0 fully saturated rings. The van der Waals surface area contributed by atoms with Gasteiger partial charge >= 0.3 is 0 Å². The summed E-state index contributed by atoms with van der Waals surface area (Å²) < 4.78 is 0. The Morgan fingerprint density at radius 3 is 2.20 bits per heavy atom. The third-order valence-electron chi connectivity index (χ3n) is 2.54. The second kappa shape index (κ2) is 4.42. The van der Waals surface area contributed by atoms with Crippen molar-refractivity contribution in [1.29, 1.82) is 0 Å². The summed E-state index contributed by atoms with van der Waals surface area (Å²) in [5, 5.41) is 22.8. The highest BCUT2D eigenvalue weighted by Gasteiger charge is 2.30. The van der Waals surface area contributed by atoms with Gasteiger partial charge in [0.25, 0.3) is 0 Å². The fourth-order valence-corrected chi connectivity index (χ4v) is 1.28. The highest BCUT2D eigenvalue weighted by atomic mass is 16.5. The molecule has 15 heavy (non-hydrogen) atoms. The predicted octanol–water partition coefficient (Wildman–Crippen LogP) is 1.96. The van der Waals surface area contributed by atoms with Gasteiger partial charge in [-0.2, -0.15) is 5.06 Å². The van der Waals surface area contributed by atoms with Crippen LogP contribution in [0.25, 0.3) is 0 Å². The van der Waals surface area contributed by atoms with Crippen LogP contribution in [0.3, 0.4) is 0 Å². The number of rotatable bonds is 3. The summed E-state index contributed by atoms with van der Waals surface area (Å²) >= 11 is 0. The first kappa shape index (κ1) is 11.7. The summed E-state index contributed by atoms with van der Waals surface area (Å²) in [5.74, 6) is 0. The monoisotopic (exact) mass is 208 g/mol. The van der Waals surface area contributed by atoms with Crippen LogP contribution in [0.15, 0.2) is 35.5 Å². The molecule has 0 bridgehead atoms. The number of hydroxylamine groups is 2. The molecule has 0 atom stereocenters. The van der Waals surface area contributed by atoms with Crippen molar-refractivity contribution in [2.75, 3.05) is 7.05 Å². The Morgan fingerprint density at radius 2 is 1.80 bits per heavy atom. The molecule has 0 spiro atoms. The number of hydrogen-bond donors (Lipinski definition) is 2. The van der Waals surface area contributed by atoms with Crippen LogP contribution in [-0.4, -0.2) is 33.8 Å². The zero-order valence-electron chi connectivity index (χ0n) is 9.18. The zero-order valence-corrected chi connectivity index (χ0v) is 9.18. The Morgan fingerprint density at radius 1 is 1.27 bits per heavy atom. The van der Waals surface area contributed by atoms with E-state index in [1.165, 1.54) is 7.05 Å². The van der Waals surface area contributed by atoms with Gasteiger partial charge in [-0.25, -0.2) is 0 Å². The molecule has 4 heteroatoms. The van der Waals surface area contributed by atoms with Gasteiger partial charge in [-0.05, 0) is 13.8 Å². The van der Waals surface area contributed by atoms with Gasteiger partial charge in [0, 0.05) is 12.6 Å². The van der Waals surface area contributed by atoms with Gasteiger partial charge in [-0.15, -0.1) is 0 Å². The van der Waals surface area contributed by atoms with Crippen LogP contribution >= 0.6 is 0 Å². The molecule has 0 aliphatic carbocycles. The molecule has 0 aliphatic heterocycles.